The van der Waals surface area contributed by atoms with Gasteiger partial charge in [-0.25, -0.2) is 0 Å². The van der Waals surface area contributed by atoms with Crippen LogP contribution in [-0.4, -0.2) is 19.6 Å². The largest absolute Gasteiger partial charge is 0.469 e. The summed E-state index contributed by atoms with van der Waals surface area (Å²) in [7, 11) is 1.45. The zero-order chi connectivity index (χ0) is 11.5. The fraction of sp³-hybridized carbons (Fsp3) is 0.462. The molecule has 1 atom stereocenters. The van der Waals surface area contributed by atoms with Crippen molar-refractivity contribution < 1.29 is 9.53 Å². The van der Waals surface area contributed by atoms with Gasteiger partial charge in [0.15, 0.2) is 0 Å². The normalized spacial score (nSPS) is 19.2. The van der Waals surface area contributed by atoms with E-state index in [4.69, 9.17) is 4.74 Å². The second-order valence-electron chi connectivity index (χ2n) is 4.24. The number of ether oxygens (including phenoxy) is 1. The van der Waals surface area contributed by atoms with Gasteiger partial charge in [-0.05, 0) is 31.4 Å². The van der Waals surface area contributed by atoms with Crippen LogP contribution >= 0.6 is 0 Å². The molecule has 1 N–H and O–H groups in total. The van der Waals surface area contributed by atoms with Gasteiger partial charge in [0, 0.05) is 12.2 Å². The van der Waals surface area contributed by atoms with E-state index in [-0.39, 0.29) is 11.9 Å². The highest BCUT2D eigenvalue weighted by Crippen LogP contribution is 2.32. The molecule has 1 aliphatic heterocycles. The van der Waals surface area contributed by atoms with Gasteiger partial charge < -0.3 is 10.1 Å². The van der Waals surface area contributed by atoms with Gasteiger partial charge in [-0.1, -0.05) is 17.7 Å². The van der Waals surface area contributed by atoms with E-state index >= 15 is 0 Å². The Kier molecular flexibility index (Phi) is 3.13. The molecular weight excluding hydrogens is 202 g/mol. The van der Waals surface area contributed by atoms with Crippen molar-refractivity contribution in [1.29, 1.82) is 0 Å². The molecule has 0 saturated carbocycles. The van der Waals surface area contributed by atoms with E-state index in [0.717, 1.165) is 30.6 Å². The van der Waals surface area contributed by atoms with Crippen molar-refractivity contribution in [2.45, 2.75) is 25.7 Å². The number of nitrogens with one attached hydrogen (secondary N) is 1. The van der Waals surface area contributed by atoms with Crippen molar-refractivity contribution in [3.05, 3.63) is 29.3 Å². The van der Waals surface area contributed by atoms with Crippen LogP contribution in [0, 0.1) is 6.92 Å². The fourth-order valence-electron chi connectivity index (χ4n) is 2.20. The lowest BCUT2D eigenvalue weighted by molar-refractivity contribution is -0.142. The van der Waals surface area contributed by atoms with Gasteiger partial charge >= 0.3 is 5.97 Å². The maximum absolute atomic E-state index is 11.7. The Balaban J connectivity index is 2.42. The van der Waals surface area contributed by atoms with Gasteiger partial charge in [-0.15, -0.1) is 0 Å². The van der Waals surface area contributed by atoms with E-state index in [1.807, 2.05) is 13.0 Å². The van der Waals surface area contributed by atoms with Crippen LogP contribution in [0.4, 0.5) is 5.69 Å². The molecule has 1 heterocycles. The van der Waals surface area contributed by atoms with Crippen LogP contribution in [0.3, 0.4) is 0 Å². The standard InChI is InChI=1S/C13H17NO2/c1-9-5-6-12-11(8-9)10(13(15)16-2)4-3-7-14-12/h5-6,8,10,14H,3-4,7H2,1-2H3. The number of carbonyl (C=O) groups is 1. The lowest BCUT2D eigenvalue weighted by atomic mass is 9.93. The first-order chi connectivity index (χ1) is 7.72. The van der Waals surface area contributed by atoms with Crippen LogP contribution < -0.4 is 5.32 Å². The molecule has 0 bridgehead atoms. The Bertz CT molecular complexity index is 401. The molecule has 1 aromatic rings. The van der Waals surface area contributed by atoms with Crippen LogP contribution in [0.1, 0.15) is 29.9 Å². The fourth-order valence-corrected chi connectivity index (χ4v) is 2.20. The number of hydrogen-bond acceptors (Lipinski definition) is 3. The molecule has 3 nitrogen and oxygen atoms in total. The molecule has 86 valence electrons. The van der Waals surface area contributed by atoms with E-state index in [1.165, 1.54) is 12.7 Å². The predicted molar refractivity (Wildman–Crippen MR) is 63.7 cm³/mol. The van der Waals surface area contributed by atoms with Crippen LogP contribution in [0.25, 0.3) is 0 Å². The van der Waals surface area contributed by atoms with E-state index in [1.54, 1.807) is 0 Å². The van der Waals surface area contributed by atoms with E-state index in [2.05, 4.69) is 17.4 Å². The lowest BCUT2D eigenvalue weighted by Gasteiger charge is -2.15. The summed E-state index contributed by atoms with van der Waals surface area (Å²) in [6, 6.07) is 6.19. The maximum Gasteiger partial charge on any atom is 0.313 e. The number of anilines is 1. The Morgan fingerprint density at radius 3 is 3.06 bits per heavy atom. The number of esters is 1. The SMILES string of the molecule is COC(=O)C1CCCNc2ccc(C)cc21. The van der Waals surface area contributed by atoms with Gasteiger partial charge in [-0.3, -0.25) is 4.79 Å². The summed E-state index contributed by atoms with van der Waals surface area (Å²) >= 11 is 0. The number of aryl methyl sites for hydroxylation is 1. The molecule has 0 aromatic heterocycles. The number of carbonyl (C=O) groups excluding carboxylic acids is 1. The van der Waals surface area contributed by atoms with Crippen LogP contribution in [0.15, 0.2) is 18.2 Å². The first-order valence-electron chi connectivity index (χ1n) is 5.64. The zero-order valence-electron chi connectivity index (χ0n) is 9.75. The van der Waals surface area contributed by atoms with E-state index < -0.39 is 0 Å². The summed E-state index contributed by atoms with van der Waals surface area (Å²) in [6.45, 7) is 2.96. The number of fused-ring (bicyclic) bond motifs is 1. The first kappa shape index (κ1) is 11.0. The highest BCUT2D eigenvalue weighted by atomic mass is 16.5. The Morgan fingerprint density at radius 2 is 2.31 bits per heavy atom. The maximum atomic E-state index is 11.7. The predicted octanol–water partition coefficient (Wildman–Crippen LogP) is 2.46. The molecule has 16 heavy (non-hydrogen) atoms. The highest BCUT2D eigenvalue weighted by Gasteiger charge is 2.25. The highest BCUT2D eigenvalue weighted by molar-refractivity contribution is 5.81. The minimum Gasteiger partial charge on any atom is -0.469 e. The molecule has 1 aromatic carbocycles. The van der Waals surface area contributed by atoms with Crippen LogP contribution in [-0.2, 0) is 9.53 Å². The van der Waals surface area contributed by atoms with Crippen molar-refractivity contribution in [2.75, 3.05) is 19.0 Å². The van der Waals surface area contributed by atoms with Crippen LogP contribution in [0.2, 0.25) is 0 Å². The van der Waals surface area contributed by atoms with Gasteiger partial charge in [0.05, 0.1) is 13.0 Å². The summed E-state index contributed by atoms with van der Waals surface area (Å²) in [6.07, 6.45) is 1.85. The molecule has 0 radical (unpaired) electrons. The van der Waals surface area contributed by atoms with Crippen molar-refractivity contribution in [1.82, 2.24) is 0 Å². The molecule has 1 aliphatic rings. The van der Waals surface area contributed by atoms with E-state index in [0.29, 0.717) is 0 Å². The van der Waals surface area contributed by atoms with Crippen molar-refractivity contribution in [2.24, 2.45) is 0 Å². The monoisotopic (exact) mass is 219 g/mol. The summed E-state index contributed by atoms with van der Waals surface area (Å²) in [5.74, 6) is -0.245. The number of rotatable bonds is 1. The second-order valence-corrected chi connectivity index (χ2v) is 4.24. The molecule has 0 aliphatic carbocycles. The number of hydrogen-bond donors (Lipinski definition) is 1. The third-order valence-corrected chi connectivity index (χ3v) is 3.05. The molecule has 0 saturated heterocycles. The van der Waals surface area contributed by atoms with Gasteiger partial charge in [-0.2, -0.15) is 0 Å². The first-order valence-corrected chi connectivity index (χ1v) is 5.64. The lowest BCUT2D eigenvalue weighted by Crippen LogP contribution is -2.14. The summed E-state index contributed by atoms with van der Waals surface area (Å²) in [5, 5.41) is 3.35. The average Bonchev–Trinajstić information content (AvgIpc) is 2.50. The molecule has 0 spiro atoms. The molecule has 0 amide bonds. The summed E-state index contributed by atoms with van der Waals surface area (Å²) < 4.78 is 4.88. The number of methoxy groups -OCH3 is 1. The second kappa shape index (κ2) is 4.56. The number of benzene rings is 1. The molecular formula is C13H17NO2. The quantitative estimate of drug-likeness (QED) is 0.737. The van der Waals surface area contributed by atoms with Gasteiger partial charge in [0.1, 0.15) is 0 Å². The third kappa shape index (κ3) is 2.03. The zero-order valence-corrected chi connectivity index (χ0v) is 9.75. The average molecular weight is 219 g/mol. The topological polar surface area (TPSA) is 38.3 Å². The molecule has 0 fully saturated rings. The summed E-state index contributed by atoms with van der Waals surface area (Å²) in [5.41, 5.74) is 3.32. The Hall–Kier alpha value is -1.51. The van der Waals surface area contributed by atoms with Gasteiger partial charge in [0.2, 0.25) is 0 Å². The van der Waals surface area contributed by atoms with Crippen molar-refractivity contribution in [3.63, 3.8) is 0 Å². The van der Waals surface area contributed by atoms with E-state index in [9.17, 15) is 4.79 Å². The van der Waals surface area contributed by atoms with Gasteiger partial charge in [0.25, 0.3) is 0 Å². The Labute approximate surface area is 95.8 Å². The van der Waals surface area contributed by atoms with Crippen LogP contribution in [0.5, 0.6) is 0 Å². The van der Waals surface area contributed by atoms with Crippen molar-refractivity contribution >= 4 is 11.7 Å². The minimum absolute atomic E-state index is 0.116. The molecule has 1 unspecified atom stereocenters. The van der Waals surface area contributed by atoms with Crippen molar-refractivity contribution in [3.8, 4) is 0 Å². The minimum atomic E-state index is -0.129. The third-order valence-electron chi connectivity index (χ3n) is 3.05. The Morgan fingerprint density at radius 1 is 1.50 bits per heavy atom. The smallest absolute Gasteiger partial charge is 0.313 e. The molecule has 3 heteroatoms. The summed E-state index contributed by atoms with van der Waals surface area (Å²) in [4.78, 5) is 11.7. The molecule has 2 rings (SSSR count).